The molecule has 2 heterocycles. The standard InChI is InChI=1S/C29H26N6O4S2/c1-19-18-20(2)31-28(30-19)34-41(38,39)23-14-12-21(13-15-23)32-26(36)16-17-40-29-33-25-11-7-6-10-24(25)27(37)35(29)22-8-4-3-5-9-22/h3-15,18H,16-17H2,1-2H3,(H,32,36)(H,30,31,34). The maximum atomic E-state index is 13.3. The summed E-state index contributed by atoms with van der Waals surface area (Å²) >= 11 is 1.31. The van der Waals surface area contributed by atoms with Crippen LogP contribution in [0.1, 0.15) is 17.8 Å². The van der Waals surface area contributed by atoms with E-state index >= 15 is 0 Å². The molecule has 10 nitrogen and oxygen atoms in total. The molecule has 0 aliphatic carbocycles. The number of anilines is 2. The largest absolute Gasteiger partial charge is 0.326 e. The Bertz CT molecular complexity index is 1870. The van der Waals surface area contributed by atoms with E-state index in [9.17, 15) is 18.0 Å². The normalized spacial score (nSPS) is 11.4. The van der Waals surface area contributed by atoms with E-state index < -0.39 is 10.0 Å². The van der Waals surface area contributed by atoms with Gasteiger partial charge in [0, 0.05) is 29.2 Å². The summed E-state index contributed by atoms with van der Waals surface area (Å²) in [4.78, 5) is 38.9. The number of amides is 1. The molecule has 2 N–H and O–H groups in total. The molecular weight excluding hydrogens is 560 g/mol. The van der Waals surface area contributed by atoms with Crippen molar-refractivity contribution in [2.45, 2.75) is 30.3 Å². The molecule has 208 valence electrons. The van der Waals surface area contributed by atoms with E-state index in [4.69, 9.17) is 0 Å². The number of nitrogens with zero attached hydrogens (tertiary/aromatic N) is 4. The van der Waals surface area contributed by atoms with Crippen molar-refractivity contribution in [2.75, 3.05) is 15.8 Å². The van der Waals surface area contributed by atoms with Crippen molar-refractivity contribution in [3.63, 3.8) is 0 Å². The number of thioether (sulfide) groups is 1. The first-order valence-electron chi connectivity index (χ1n) is 12.6. The van der Waals surface area contributed by atoms with Gasteiger partial charge in [-0.1, -0.05) is 42.1 Å². The molecule has 0 saturated carbocycles. The highest BCUT2D eigenvalue weighted by molar-refractivity contribution is 7.99. The van der Waals surface area contributed by atoms with Gasteiger partial charge in [0.25, 0.3) is 15.6 Å². The lowest BCUT2D eigenvalue weighted by atomic mass is 10.2. The van der Waals surface area contributed by atoms with Crippen LogP contribution in [0, 0.1) is 13.8 Å². The number of rotatable bonds is 9. The van der Waals surface area contributed by atoms with Gasteiger partial charge in [-0.3, -0.25) is 14.2 Å². The number of aryl methyl sites for hydroxylation is 2. The van der Waals surface area contributed by atoms with Crippen molar-refractivity contribution in [3.8, 4) is 5.69 Å². The monoisotopic (exact) mass is 586 g/mol. The van der Waals surface area contributed by atoms with Crippen LogP contribution in [0.3, 0.4) is 0 Å². The Morgan fingerprint density at radius 2 is 1.54 bits per heavy atom. The number of nitrogens with one attached hydrogen (secondary N) is 2. The number of carbonyl (C=O) groups excluding carboxylic acids is 1. The lowest BCUT2D eigenvalue weighted by molar-refractivity contribution is -0.115. The van der Waals surface area contributed by atoms with Crippen molar-refractivity contribution in [1.82, 2.24) is 19.5 Å². The van der Waals surface area contributed by atoms with E-state index in [0.29, 0.717) is 44.6 Å². The topological polar surface area (TPSA) is 136 Å². The fourth-order valence-electron chi connectivity index (χ4n) is 4.14. The van der Waals surface area contributed by atoms with Gasteiger partial charge in [0.2, 0.25) is 11.9 Å². The van der Waals surface area contributed by atoms with Crippen molar-refractivity contribution < 1.29 is 13.2 Å². The summed E-state index contributed by atoms with van der Waals surface area (Å²) < 4.78 is 29.5. The minimum atomic E-state index is -3.91. The van der Waals surface area contributed by atoms with Crippen molar-refractivity contribution >= 4 is 50.2 Å². The Morgan fingerprint density at radius 1 is 0.878 bits per heavy atom. The summed E-state index contributed by atoms with van der Waals surface area (Å²) in [6, 6.07) is 24.0. The number of hydrogen-bond acceptors (Lipinski definition) is 8. The molecule has 0 radical (unpaired) electrons. The number of carbonyl (C=O) groups is 1. The van der Waals surface area contributed by atoms with Gasteiger partial charge in [-0.25, -0.2) is 28.1 Å². The summed E-state index contributed by atoms with van der Waals surface area (Å²) in [7, 11) is -3.91. The van der Waals surface area contributed by atoms with Gasteiger partial charge in [0.1, 0.15) is 0 Å². The fraction of sp³-hybridized carbons (Fsp3) is 0.138. The van der Waals surface area contributed by atoms with E-state index in [1.165, 1.54) is 36.0 Å². The molecule has 0 unspecified atom stereocenters. The molecule has 0 bridgehead atoms. The van der Waals surface area contributed by atoms with Crippen LogP contribution in [-0.4, -0.2) is 39.6 Å². The van der Waals surface area contributed by atoms with Gasteiger partial charge in [-0.2, -0.15) is 0 Å². The molecule has 5 aromatic rings. The summed E-state index contributed by atoms with van der Waals surface area (Å²) in [6.07, 6.45) is 0.147. The van der Waals surface area contributed by atoms with Crippen LogP contribution >= 0.6 is 11.8 Å². The molecule has 5 rings (SSSR count). The maximum absolute atomic E-state index is 13.3. The van der Waals surface area contributed by atoms with Crippen LogP contribution in [0.5, 0.6) is 0 Å². The zero-order chi connectivity index (χ0) is 29.0. The lowest BCUT2D eigenvalue weighted by Gasteiger charge is -2.13. The Labute approximate surface area is 241 Å². The van der Waals surface area contributed by atoms with E-state index in [0.717, 1.165) is 0 Å². The predicted octanol–water partition coefficient (Wildman–Crippen LogP) is 4.71. The minimum absolute atomic E-state index is 0.00373. The molecule has 0 aliphatic rings. The highest BCUT2D eigenvalue weighted by Gasteiger charge is 2.17. The first-order valence-corrected chi connectivity index (χ1v) is 15.1. The molecule has 0 saturated heterocycles. The Balaban J connectivity index is 1.24. The van der Waals surface area contributed by atoms with Gasteiger partial charge in [-0.05, 0) is 68.4 Å². The first kappa shape index (κ1) is 28.0. The van der Waals surface area contributed by atoms with Crippen molar-refractivity contribution in [1.29, 1.82) is 0 Å². The van der Waals surface area contributed by atoms with Crippen LogP contribution in [-0.2, 0) is 14.8 Å². The second-order valence-corrected chi connectivity index (χ2v) is 11.9. The Hall–Kier alpha value is -4.55. The third-order valence-electron chi connectivity index (χ3n) is 5.98. The second kappa shape index (κ2) is 11.9. The molecule has 41 heavy (non-hydrogen) atoms. The van der Waals surface area contributed by atoms with Crippen LogP contribution in [0.2, 0.25) is 0 Å². The molecule has 2 aromatic heterocycles. The minimum Gasteiger partial charge on any atom is -0.326 e. The number of aromatic nitrogens is 4. The smallest absolute Gasteiger partial charge is 0.266 e. The third kappa shape index (κ3) is 6.61. The molecule has 0 aliphatic heterocycles. The Morgan fingerprint density at radius 3 is 2.24 bits per heavy atom. The van der Waals surface area contributed by atoms with Crippen LogP contribution in [0.25, 0.3) is 16.6 Å². The molecule has 3 aromatic carbocycles. The second-order valence-electron chi connectivity index (χ2n) is 9.14. The average Bonchev–Trinajstić information content (AvgIpc) is 2.93. The number of para-hydroxylation sites is 2. The van der Waals surface area contributed by atoms with Crippen LogP contribution in [0.15, 0.2) is 99.8 Å². The molecule has 12 heteroatoms. The Kier molecular flexibility index (Phi) is 8.13. The summed E-state index contributed by atoms with van der Waals surface area (Å²) in [5.74, 6) is 0.107. The quantitative estimate of drug-likeness (QED) is 0.187. The number of hydrogen-bond donors (Lipinski definition) is 2. The van der Waals surface area contributed by atoms with Crippen molar-refractivity contribution in [2.24, 2.45) is 0 Å². The first-order chi connectivity index (χ1) is 19.7. The molecule has 0 atom stereocenters. The van der Waals surface area contributed by atoms with Gasteiger partial charge in [0.15, 0.2) is 5.16 Å². The van der Waals surface area contributed by atoms with E-state index in [1.54, 1.807) is 42.7 Å². The maximum Gasteiger partial charge on any atom is 0.266 e. The van der Waals surface area contributed by atoms with Crippen LogP contribution in [0.4, 0.5) is 11.6 Å². The zero-order valence-electron chi connectivity index (χ0n) is 22.2. The van der Waals surface area contributed by atoms with Gasteiger partial charge < -0.3 is 5.32 Å². The zero-order valence-corrected chi connectivity index (χ0v) is 23.9. The lowest BCUT2D eigenvalue weighted by Crippen LogP contribution is -2.22. The fourth-order valence-corrected chi connectivity index (χ4v) is 6.03. The van der Waals surface area contributed by atoms with Crippen molar-refractivity contribution in [3.05, 3.63) is 107 Å². The van der Waals surface area contributed by atoms with E-state index in [2.05, 4.69) is 25.0 Å². The van der Waals surface area contributed by atoms with Gasteiger partial charge in [-0.15, -0.1) is 0 Å². The van der Waals surface area contributed by atoms with Gasteiger partial charge >= 0.3 is 0 Å². The third-order valence-corrected chi connectivity index (χ3v) is 8.26. The van der Waals surface area contributed by atoms with E-state index in [-0.39, 0.29) is 28.7 Å². The van der Waals surface area contributed by atoms with Gasteiger partial charge in [0.05, 0.1) is 21.5 Å². The molecule has 0 spiro atoms. The average molecular weight is 587 g/mol. The highest BCUT2D eigenvalue weighted by atomic mass is 32.2. The summed E-state index contributed by atoms with van der Waals surface area (Å²) in [5, 5.41) is 3.78. The highest BCUT2D eigenvalue weighted by Crippen LogP contribution is 2.23. The SMILES string of the molecule is Cc1cc(C)nc(NS(=O)(=O)c2ccc(NC(=O)CCSc3nc4ccccc4c(=O)n3-c3ccccc3)cc2)n1. The number of benzene rings is 3. The van der Waals surface area contributed by atoms with Crippen LogP contribution < -0.4 is 15.6 Å². The molecular formula is C29H26N6O4S2. The summed E-state index contributed by atoms with van der Waals surface area (Å²) in [5.41, 5.74) is 2.84. The summed E-state index contributed by atoms with van der Waals surface area (Å²) in [6.45, 7) is 3.51. The predicted molar refractivity (Wildman–Crippen MR) is 160 cm³/mol. The number of fused-ring (bicyclic) bond motifs is 1. The molecule has 0 fully saturated rings. The number of sulfonamides is 1. The molecule has 1 amide bonds. The van der Waals surface area contributed by atoms with E-state index in [1.807, 2.05) is 36.4 Å².